The Bertz CT molecular complexity index is 585. The Balaban J connectivity index is 2.93. The zero-order valence-corrected chi connectivity index (χ0v) is 7.63. The van der Waals surface area contributed by atoms with E-state index in [0.29, 0.717) is 16.6 Å². The topological polar surface area (TPSA) is 76.3 Å². The van der Waals surface area contributed by atoms with E-state index in [0.717, 1.165) is 0 Å². The van der Waals surface area contributed by atoms with Crippen molar-refractivity contribution in [2.45, 2.75) is 0 Å². The van der Waals surface area contributed by atoms with Gasteiger partial charge in [-0.1, -0.05) is 0 Å². The second-order valence-electron chi connectivity index (χ2n) is 2.64. The molecule has 1 heterocycles. The Labute approximate surface area is 84.4 Å². The molecule has 66 valence electrons. The summed E-state index contributed by atoms with van der Waals surface area (Å²) in [5, 5.41) is 17.8. The third-order valence-electron chi connectivity index (χ3n) is 1.86. The first-order chi connectivity index (χ1) is 6.76. The van der Waals surface area contributed by atoms with E-state index in [2.05, 4.69) is 9.97 Å². The van der Waals surface area contributed by atoms with Crippen LogP contribution in [0.15, 0.2) is 12.1 Å². The molecule has 0 fully saturated rings. The number of nitrogens with one attached hydrogen (secondary N) is 1. The van der Waals surface area contributed by atoms with Gasteiger partial charge >= 0.3 is 0 Å². The summed E-state index contributed by atoms with van der Waals surface area (Å²) in [4.78, 5) is 6.71. The Morgan fingerprint density at radius 2 is 2.07 bits per heavy atom. The fourth-order valence-electron chi connectivity index (χ4n) is 1.25. The monoisotopic (exact) mass is 202 g/mol. The van der Waals surface area contributed by atoms with E-state index in [-0.39, 0.29) is 10.8 Å². The van der Waals surface area contributed by atoms with E-state index in [4.69, 9.17) is 22.1 Å². The summed E-state index contributed by atoms with van der Waals surface area (Å²) in [6.07, 6.45) is 0. The van der Waals surface area contributed by atoms with Gasteiger partial charge in [0, 0.05) is 0 Å². The largest absolute Gasteiger partial charge is 0.329 e. The molecule has 0 aliphatic heterocycles. The minimum atomic E-state index is 0.214. The average Bonchev–Trinajstić information content (AvgIpc) is 2.56. The molecule has 1 N–H and O–H groups in total. The van der Waals surface area contributed by atoms with E-state index in [9.17, 15) is 0 Å². The lowest BCUT2D eigenvalue weighted by atomic mass is 10.1. The molecule has 1 aromatic carbocycles. The van der Waals surface area contributed by atoms with Gasteiger partial charge in [-0.25, -0.2) is 4.98 Å². The second-order valence-corrected chi connectivity index (χ2v) is 2.99. The molecule has 2 aromatic rings. The summed E-state index contributed by atoms with van der Waals surface area (Å²) < 4.78 is 0. The fraction of sp³-hybridized carbons (Fsp3) is 0. The van der Waals surface area contributed by atoms with Crippen LogP contribution in [-0.4, -0.2) is 9.97 Å². The summed E-state index contributed by atoms with van der Waals surface area (Å²) in [5.74, 6) is 0. The molecule has 2 rings (SSSR count). The number of fused-ring (bicyclic) bond motifs is 1. The Kier molecular flexibility index (Phi) is 1.85. The van der Waals surface area contributed by atoms with Crippen molar-refractivity contribution in [2.24, 2.45) is 0 Å². The molecule has 0 aliphatic carbocycles. The van der Waals surface area contributed by atoms with Gasteiger partial charge in [-0.15, -0.1) is 0 Å². The Hall–Kier alpha value is -2.04. The first-order valence-electron chi connectivity index (χ1n) is 3.74. The molecule has 14 heavy (non-hydrogen) atoms. The summed E-state index contributed by atoms with van der Waals surface area (Å²) >= 11 is 5.65. The number of halogens is 1. The highest BCUT2D eigenvalue weighted by Gasteiger charge is 2.10. The normalized spacial score (nSPS) is 9.64. The molecule has 0 aliphatic rings. The maximum Gasteiger partial charge on any atom is 0.201 e. The van der Waals surface area contributed by atoms with Crippen molar-refractivity contribution >= 4 is 22.6 Å². The molecule has 5 heteroatoms. The van der Waals surface area contributed by atoms with Crippen molar-refractivity contribution in [3.8, 4) is 12.1 Å². The van der Waals surface area contributed by atoms with Crippen LogP contribution in [0.25, 0.3) is 11.0 Å². The van der Waals surface area contributed by atoms with Crippen molar-refractivity contribution in [3.05, 3.63) is 28.5 Å². The number of hydrogen-bond acceptors (Lipinski definition) is 3. The van der Waals surface area contributed by atoms with Gasteiger partial charge in [-0.3, -0.25) is 0 Å². The Morgan fingerprint density at radius 1 is 1.29 bits per heavy atom. The predicted octanol–water partition coefficient (Wildman–Crippen LogP) is 1.96. The van der Waals surface area contributed by atoms with Crippen LogP contribution in [-0.2, 0) is 0 Å². The van der Waals surface area contributed by atoms with Gasteiger partial charge in [-0.2, -0.15) is 10.5 Å². The standard InChI is InChI=1S/C9H3ClN4/c10-9-13-7-2-1-5(3-11)6(4-12)8(7)14-9/h1-2H,(H,13,14). The van der Waals surface area contributed by atoms with Gasteiger partial charge in [0.15, 0.2) is 0 Å². The molecule has 0 spiro atoms. The third kappa shape index (κ3) is 1.10. The number of nitrogens with zero attached hydrogens (tertiary/aromatic N) is 3. The molecule has 4 nitrogen and oxygen atoms in total. The minimum absolute atomic E-state index is 0.214. The maximum absolute atomic E-state index is 8.86. The average molecular weight is 203 g/mol. The summed E-state index contributed by atoms with van der Waals surface area (Å²) in [7, 11) is 0. The molecule has 0 atom stereocenters. The maximum atomic E-state index is 8.86. The molecule has 0 unspecified atom stereocenters. The van der Waals surface area contributed by atoms with Crippen molar-refractivity contribution in [3.63, 3.8) is 0 Å². The lowest BCUT2D eigenvalue weighted by Crippen LogP contribution is -1.85. The van der Waals surface area contributed by atoms with Crippen LogP contribution in [0.5, 0.6) is 0 Å². The van der Waals surface area contributed by atoms with Crippen molar-refractivity contribution in [1.82, 2.24) is 9.97 Å². The summed E-state index contributed by atoms with van der Waals surface area (Å²) in [6, 6.07) is 7.11. The van der Waals surface area contributed by atoms with Gasteiger partial charge in [0.25, 0.3) is 0 Å². The van der Waals surface area contributed by atoms with Gasteiger partial charge in [0.05, 0.1) is 16.6 Å². The van der Waals surface area contributed by atoms with Gasteiger partial charge < -0.3 is 4.98 Å². The predicted molar refractivity (Wildman–Crippen MR) is 50.5 cm³/mol. The molecule has 0 amide bonds. The second kappa shape index (κ2) is 3.02. The van der Waals surface area contributed by atoms with Crippen LogP contribution >= 0.6 is 11.6 Å². The third-order valence-corrected chi connectivity index (χ3v) is 2.04. The molecule has 0 bridgehead atoms. The summed E-state index contributed by atoms with van der Waals surface area (Å²) in [5.41, 5.74) is 1.67. The van der Waals surface area contributed by atoms with Crippen LogP contribution in [0, 0.1) is 22.7 Å². The van der Waals surface area contributed by atoms with Gasteiger partial charge in [0.1, 0.15) is 17.7 Å². The van der Waals surface area contributed by atoms with Crippen molar-refractivity contribution in [1.29, 1.82) is 10.5 Å². The number of nitriles is 2. The zero-order chi connectivity index (χ0) is 10.1. The van der Waals surface area contributed by atoms with E-state index < -0.39 is 0 Å². The van der Waals surface area contributed by atoms with Crippen LogP contribution < -0.4 is 0 Å². The quantitative estimate of drug-likeness (QED) is 0.710. The van der Waals surface area contributed by atoms with Crippen LogP contribution in [0.1, 0.15) is 11.1 Å². The van der Waals surface area contributed by atoms with E-state index in [1.54, 1.807) is 12.1 Å². The Morgan fingerprint density at radius 3 is 2.71 bits per heavy atom. The molecule has 1 aromatic heterocycles. The molecule has 0 saturated heterocycles. The van der Waals surface area contributed by atoms with Crippen molar-refractivity contribution in [2.75, 3.05) is 0 Å². The van der Waals surface area contributed by atoms with E-state index in [1.165, 1.54) is 0 Å². The first kappa shape index (κ1) is 8.55. The number of H-pyrrole nitrogens is 1. The highest BCUT2D eigenvalue weighted by molar-refractivity contribution is 6.29. The highest BCUT2D eigenvalue weighted by atomic mass is 35.5. The lowest BCUT2D eigenvalue weighted by Gasteiger charge is -1.93. The number of hydrogen-bond donors (Lipinski definition) is 1. The smallest absolute Gasteiger partial charge is 0.201 e. The molecule has 0 radical (unpaired) electrons. The fourth-order valence-corrected chi connectivity index (χ4v) is 1.44. The number of benzene rings is 1. The van der Waals surface area contributed by atoms with Crippen molar-refractivity contribution < 1.29 is 0 Å². The minimum Gasteiger partial charge on any atom is -0.329 e. The first-order valence-corrected chi connectivity index (χ1v) is 4.12. The van der Waals surface area contributed by atoms with E-state index >= 15 is 0 Å². The van der Waals surface area contributed by atoms with Gasteiger partial charge in [0.2, 0.25) is 5.28 Å². The zero-order valence-electron chi connectivity index (χ0n) is 6.87. The molecular formula is C9H3ClN4. The molecular weight excluding hydrogens is 200 g/mol. The number of imidazole rings is 1. The number of rotatable bonds is 0. The molecule has 0 saturated carbocycles. The number of aromatic nitrogens is 2. The lowest BCUT2D eigenvalue weighted by molar-refractivity contribution is 1.34. The van der Waals surface area contributed by atoms with Crippen LogP contribution in [0.3, 0.4) is 0 Å². The van der Waals surface area contributed by atoms with Crippen LogP contribution in [0.4, 0.5) is 0 Å². The van der Waals surface area contributed by atoms with E-state index in [1.807, 2.05) is 12.1 Å². The van der Waals surface area contributed by atoms with Crippen LogP contribution in [0.2, 0.25) is 5.28 Å². The van der Waals surface area contributed by atoms with Gasteiger partial charge in [-0.05, 0) is 23.7 Å². The SMILES string of the molecule is N#Cc1ccc2[nH]c(Cl)nc2c1C#N. The number of aromatic amines is 1. The highest BCUT2D eigenvalue weighted by Crippen LogP contribution is 2.20. The summed E-state index contributed by atoms with van der Waals surface area (Å²) in [6.45, 7) is 0.